The maximum Gasteiger partial charge on any atom is 0.226 e. The SMILES string of the molecule is COc1nc(C)nc2cc(NC(C)=O)ncc12. The van der Waals surface area contributed by atoms with E-state index in [4.69, 9.17) is 4.74 Å². The first-order valence-electron chi connectivity index (χ1n) is 5.06. The number of nitrogens with one attached hydrogen (secondary N) is 1. The molecule has 88 valence electrons. The van der Waals surface area contributed by atoms with Crippen LogP contribution in [0.25, 0.3) is 10.9 Å². The second kappa shape index (κ2) is 4.32. The van der Waals surface area contributed by atoms with Crippen molar-refractivity contribution in [1.29, 1.82) is 0 Å². The summed E-state index contributed by atoms with van der Waals surface area (Å²) < 4.78 is 5.15. The molecular weight excluding hydrogens is 220 g/mol. The largest absolute Gasteiger partial charge is 0.480 e. The molecule has 6 heteroatoms. The van der Waals surface area contributed by atoms with Gasteiger partial charge in [0.1, 0.15) is 11.6 Å². The Labute approximate surface area is 98.1 Å². The highest BCUT2D eigenvalue weighted by Crippen LogP contribution is 2.22. The average Bonchev–Trinajstić information content (AvgIpc) is 2.26. The number of rotatable bonds is 2. The third-order valence-electron chi connectivity index (χ3n) is 2.16. The molecule has 0 saturated heterocycles. The summed E-state index contributed by atoms with van der Waals surface area (Å²) in [4.78, 5) is 23.4. The number of anilines is 1. The number of carbonyl (C=O) groups excluding carboxylic acids is 1. The summed E-state index contributed by atoms with van der Waals surface area (Å²) in [6, 6.07) is 1.69. The van der Waals surface area contributed by atoms with Gasteiger partial charge in [-0.2, -0.15) is 4.98 Å². The third kappa shape index (κ3) is 2.30. The lowest BCUT2D eigenvalue weighted by Crippen LogP contribution is -2.07. The van der Waals surface area contributed by atoms with Crippen molar-refractivity contribution in [3.63, 3.8) is 0 Å². The molecule has 0 spiro atoms. The molecule has 0 aliphatic heterocycles. The van der Waals surface area contributed by atoms with E-state index in [1.165, 1.54) is 6.92 Å². The Hall–Kier alpha value is -2.24. The van der Waals surface area contributed by atoms with Gasteiger partial charge in [-0.1, -0.05) is 0 Å². The van der Waals surface area contributed by atoms with Crippen molar-refractivity contribution in [3.05, 3.63) is 18.1 Å². The molecule has 0 unspecified atom stereocenters. The van der Waals surface area contributed by atoms with Crippen LogP contribution in [0.3, 0.4) is 0 Å². The Morgan fingerprint density at radius 1 is 1.41 bits per heavy atom. The smallest absolute Gasteiger partial charge is 0.226 e. The minimum atomic E-state index is -0.172. The Balaban J connectivity index is 2.57. The zero-order valence-corrected chi connectivity index (χ0v) is 9.81. The highest BCUT2D eigenvalue weighted by atomic mass is 16.5. The number of methoxy groups -OCH3 is 1. The van der Waals surface area contributed by atoms with Gasteiger partial charge in [-0.15, -0.1) is 0 Å². The molecule has 2 heterocycles. The summed E-state index contributed by atoms with van der Waals surface area (Å²) in [5.74, 6) is 1.38. The first-order valence-corrected chi connectivity index (χ1v) is 5.06. The predicted molar refractivity (Wildman–Crippen MR) is 62.9 cm³/mol. The van der Waals surface area contributed by atoms with Gasteiger partial charge >= 0.3 is 0 Å². The van der Waals surface area contributed by atoms with Crippen molar-refractivity contribution in [2.24, 2.45) is 0 Å². The summed E-state index contributed by atoms with van der Waals surface area (Å²) >= 11 is 0. The molecule has 0 aliphatic rings. The maximum atomic E-state index is 10.9. The van der Waals surface area contributed by atoms with Crippen LogP contribution >= 0.6 is 0 Å². The summed E-state index contributed by atoms with van der Waals surface area (Å²) in [7, 11) is 1.54. The van der Waals surface area contributed by atoms with E-state index in [2.05, 4.69) is 20.3 Å². The van der Waals surface area contributed by atoms with Crippen LogP contribution in [0.1, 0.15) is 12.7 Å². The molecule has 2 aromatic rings. The summed E-state index contributed by atoms with van der Waals surface area (Å²) in [6.07, 6.45) is 1.58. The van der Waals surface area contributed by atoms with Crippen LogP contribution in [-0.2, 0) is 4.79 Å². The molecular formula is C11H12N4O2. The number of pyridine rings is 1. The van der Waals surface area contributed by atoms with E-state index in [0.29, 0.717) is 28.4 Å². The molecule has 6 nitrogen and oxygen atoms in total. The van der Waals surface area contributed by atoms with Crippen molar-refractivity contribution >= 4 is 22.6 Å². The van der Waals surface area contributed by atoms with Crippen molar-refractivity contribution < 1.29 is 9.53 Å². The molecule has 0 fully saturated rings. The van der Waals surface area contributed by atoms with Crippen molar-refractivity contribution in [2.45, 2.75) is 13.8 Å². The van der Waals surface area contributed by atoms with E-state index in [1.807, 2.05) is 0 Å². The van der Waals surface area contributed by atoms with Gasteiger partial charge in [-0.25, -0.2) is 9.97 Å². The molecule has 2 rings (SSSR count). The fraction of sp³-hybridized carbons (Fsp3) is 0.273. The first kappa shape index (κ1) is 11.3. The zero-order chi connectivity index (χ0) is 12.4. The number of aromatic nitrogens is 3. The van der Waals surface area contributed by atoms with Crippen LogP contribution in [0, 0.1) is 6.92 Å². The summed E-state index contributed by atoms with van der Waals surface area (Å²) in [6.45, 7) is 3.21. The van der Waals surface area contributed by atoms with Gasteiger partial charge < -0.3 is 10.1 Å². The van der Waals surface area contributed by atoms with E-state index in [-0.39, 0.29) is 5.91 Å². The Morgan fingerprint density at radius 3 is 2.82 bits per heavy atom. The van der Waals surface area contributed by atoms with Gasteiger partial charge in [0.15, 0.2) is 0 Å². The van der Waals surface area contributed by atoms with E-state index in [0.717, 1.165) is 0 Å². The topological polar surface area (TPSA) is 77.0 Å². The monoisotopic (exact) mass is 232 g/mol. The molecule has 17 heavy (non-hydrogen) atoms. The van der Waals surface area contributed by atoms with Crippen molar-refractivity contribution in [1.82, 2.24) is 15.0 Å². The van der Waals surface area contributed by atoms with Gasteiger partial charge in [0.25, 0.3) is 0 Å². The van der Waals surface area contributed by atoms with Gasteiger partial charge in [0, 0.05) is 19.2 Å². The molecule has 1 N–H and O–H groups in total. The Morgan fingerprint density at radius 2 is 2.18 bits per heavy atom. The van der Waals surface area contributed by atoms with Gasteiger partial charge in [0.05, 0.1) is 18.0 Å². The summed E-state index contributed by atoms with van der Waals surface area (Å²) in [5, 5.41) is 3.32. The summed E-state index contributed by atoms with van der Waals surface area (Å²) in [5.41, 5.74) is 0.688. The Bertz CT molecular complexity index is 583. The molecule has 2 aromatic heterocycles. The number of carbonyl (C=O) groups is 1. The molecule has 0 atom stereocenters. The van der Waals surface area contributed by atoms with Crippen LogP contribution in [0.2, 0.25) is 0 Å². The van der Waals surface area contributed by atoms with Crippen LogP contribution in [0.15, 0.2) is 12.3 Å². The number of hydrogen-bond acceptors (Lipinski definition) is 5. The fourth-order valence-electron chi connectivity index (χ4n) is 1.51. The maximum absolute atomic E-state index is 10.9. The van der Waals surface area contributed by atoms with Gasteiger partial charge in [-0.3, -0.25) is 4.79 Å². The Kier molecular flexibility index (Phi) is 2.86. The third-order valence-corrected chi connectivity index (χ3v) is 2.16. The molecule has 0 aromatic carbocycles. The van der Waals surface area contributed by atoms with Crippen LogP contribution in [0.5, 0.6) is 5.88 Å². The molecule has 0 bridgehead atoms. The number of fused-ring (bicyclic) bond motifs is 1. The predicted octanol–water partition coefficient (Wildman–Crippen LogP) is 1.30. The molecule has 1 amide bonds. The molecule has 0 radical (unpaired) electrons. The minimum absolute atomic E-state index is 0.172. The molecule has 0 aliphatic carbocycles. The second-order valence-electron chi connectivity index (χ2n) is 3.55. The number of hydrogen-bond donors (Lipinski definition) is 1. The normalized spacial score (nSPS) is 10.3. The van der Waals surface area contributed by atoms with E-state index in [9.17, 15) is 4.79 Å². The molecule has 0 saturated carbocycles. The lowest BCUT2D eigenvalue weighted by molar-refractivity contribution is -0.114. The lowest BCUT2D eigenvalue weighted by Gasteiger charge is -2.06. The van der Waals surface area contributed by atoms with E-state index >= 15 is 0 Å². The lowest BCUT2D eigenvalue weighted by atomic mass is 10.3. The minimum Gasteiger partial charge on any atom is -0.480 e. The second-order valence-corrected chi connectivity index (χ2v) is 3.55. The van der Waals surface area contributed by atoms with Gasteiger partial charge in [-0.05, 0) is 6.92 Å². The number of aryl methyl sites for hydroxylation is 1. The standard InChI is InChI=1S/C11H12N4O2/c1-6-13-9-4-10(15-7(2)16)12-5-8(9)11(14-6)17-3/h4-5H,1-3H3,(H,12,15,16). The van der Waals surface area contributed by atoms with Crippen LogP contribution in [0.4, 0.5) is 5.82 Å². The zero-order valence-electron chi connectivity index (χ0n) is 9.81. The fourth-order valence-corrected chi connectivity index (χ4v) is 1.51. The van der Waals surface area contributed by atoms with E-state index in [1.54, 1.807) is 26.3 Å². The quantitative estimate of drug-likeness (QED) is 0.844. The van der Waals surface area contributed by atoms with Crippen molar-refractivity contribution in [2.75, 3.05) is 12.4 Å². The highest BCUT2D eigenvalue weighted by molar-refractivity contribution is 5.91. The average molecular weight is 232 g/mol. The number of amides is 1. The van der Waals surface area contributed by atoms with Gasteiger partial charge in [0.2, 0.25) is 11.8 Å². The van der Waals surface area contributed by atoms with Crippen LogP contribution in [-0.4, -0.2) is 28.0 Å². The van der Waals surface area contributed by atoms with Crippen LogP contribution < -0.4 is 10.1 Å². The first-order chi connectivity index (χ1) is 8.10. The van der Waals surface area contributed by atoms with E-state index < -0.39 is 0 Å². The number of ether oxygens (including phenoxy) is 1. The highest BCUT2D eigenvalue weighted by Gasteiger charge is 2.08. The van der Waals surface area contributed by atoms with Crippen molar-refractivity contribution in [3.8, 4) is 5.88 Å². The number of nitrogens with zero attached hydrogens (tertiary/aromatic N) is 3.